The van der Waals surface area contributed by atoms with Crippen LogP contribution in [0.3, 0.4) is 0 Å². The number of carbonyl (C=O) groups excluding carboxylic acids is 1. The average Bonchev–Trinajstić information content (AvgIpc) is 2.60. The number of amides is 1. The fraction of sp³-hybridized carbons (Fsp3) is 0.222. The maximum absolute atomic E-state index is 12.0. The van der Waals surface area contributed by atoms with Gasteiger partial charge in [0.05, 0.1) is 30.5 Å². The molecule has 0 spiro atoms. The van der Waals surface area contributed by atoms with E-state index in [2.05, 4.69) is 10.5 Å². The molecule has 6 heteroatoms. The molecule has 1 N–H and O–H groups in total. The third kappa shape index (κ3) is 4.73. The summed E-state index contributed by atoms with van der Waals surface area (Å²) >= 11 is 5.97. The number of methoxy groups -OCH3 is 1. The average molecular weight is 347 g/mol. The highest BCUT2D eigenvalue weighted by Gasteiger charge is 2.08. The summed E-state index contributed by atoms with van der Waals surface area (Å²) in [5.74, 6) is 0.924. The van der Waals surface area contributed by atoms with E-state index in [1.165, 1.54) is 6.21 Å². The molecule has 1 amide bonds. The van der Waals surface area contributed by atoms with Gasteiger partial charge in [0.25, 0.3) is 5.91 Å². The molecule has 0 aliphatic carbocycles. The molecule has 24 heavy (non-hydrogen) atoms. The summed E-state index contributed by atoms with van der Waals surface area (Å²) < 4.78 is 10.9. The molecule has 2 aromatic carbocycles. The molecule has 0 radical (unpaired) electrons. The SMILES string of the molecule is CCCOc1ccc(/C=N\NC(=O)c2ccccc2Cl)cc1OC. The Hall–Kier alpha value is -2.53. The summed E-state index contributed by atoms with van der Waals surface area (Å²) in [5.41, 5.74) is 3.59. The maximum Gasteiger partial charge on any atom is 0.272 e. The predicted molar refractivity (Wildman–Crippen MR) is 95.3 cm³/mol. The first-order valence-corrected chi connectivity index (χ1v) is 7.92. The van der Waals surface area contributed by atoms with Crippen molar-refractivity contribution < 1.29 is 14.3 Å². The van der Waals surface area contributed by atoms with Gasteiger partial charge < -0.3 is 9.47 Å². The first-order valence-electron chi connectivity index (χ1n) is 7.54. The summed E-state index contributed by atoms with van der Waals surface area (Å²) in [6, 6.07) is 12.2. The van der Waals surface area contributed by atoms with Crippen molar-refractivity contribution in [2.24, 2.45) is 5.10 Å². The van der Waals surface area contributed by atoms with E-state index in [1.54, 1.807) is 37.4 Å². The lowest BCUT2D eigenvalue weighted by Crippen LogP contribution is -2.17. The fourth-order valence-electron chi connectivity index (χ4n) is 1.97. The van der Waals surface area contributed by atoms with Gasteiger partial charge in [-0.05, 0) is 42.3 Å². The highest BCUT2D eigenvalue weighted by molar-refractivity contribution is 6.33. The Morgan fingerprint density at radius 2 is 2.04 bits per heavy atom. The van der Waals surface area contributed by atoms with E-state index in [4.69, 9.17) is 21.1 Å². The van der Waals surface area contributed by atoms with Crippen molar-refractivity contribution in [1.29, 1.82) is 0 Å². The van der Waals surface area contributed by atoms with Gasteiger partial charge in [0.15, 0.2) is 11.5 Å². The summed E-state index contributed by atoms with van der Waals surface area (Å²) in [4.78, 5) is 12.0. The largest absolute Gasteiger partial charge is 0.493 e. The van der Waals surface area contributed by atoms with E-state index < -0.39 is 0 Å². The smallest absolute Gasteiger partial charge is 0.272 e. The van der Waals surface area contributed by atoms with Crippen LogP contribution in [0.1, 0.15) is 29.3 Å². The molecule has 0 saturated heterocycles. The Balaban J connectivity index is 2.04. The maximum atomic E-state index is 12.0. The van der Waals surface area contributed by atoms with Crippen molar-refractivity contribution >= 4 is 23.7 Å². The zero-order valence-corrected chi connectivity index (χ0v) is 14.3. The van der Waals surface area contributed by atoms with Crippen LogP contribution in [0.15, 0.2) is 47.6 Å². The van der Waals surface area contributed by atoms with Crippen LogP contribution in [0.4, 0.5) is 0 Å². The lowest BCUT2D eigenvalue weighted by atomic mass is 10.2. The Kier molecular flexibility index (Phi) is 6.63. The second-order valence-corrected chi connectivity index (χ2v) is 5.34. The molecule has 0 heterocycles. The molecule has 2 aromatic rings. The van der Waals surface area contributed by atoms with E-state index in [9.17, 15) is 4.79 Å². The van der Waals surface area contributed by atoms with Crippen LogP contribution in [-0.4, -0.2) is 25.8 Å². The number of benzene rings is 2. The number of hydrogen-bond donors (Lipinski definition) is 1. The molecule has 126 valence electrons. The molecule has 0 atom stereocenters. The van der Waals surface area contributed by atoms with Crippen molar-refractivity contribution in [1.82, 2.24) is 5.43 Å². The van der Waals surface area contributed by atoms with Crippen LogP contribution in [0.25, 0.3) is 0 Å². The molecule has 0 bridgehead atoms. The Morgan fingerprint density at radius 3 is 2.75 bits per heavy atom. The monoisotopic (exact) mass is 346 g/mol. The van der Waals surface area contributed by atoms with Gasteiger partial charge in [-0.15, -0.1) is 0 Å². The Bertz CT molecular complexity index is 732. The van der Waals surface area contributed by atoms with Gasteiger partial charge in [-0.2, -0.15) is 5.10 Å². The highest BCUT2D eigenvalue weighted by Crippen LogP contribution is 2.27. The van der Waals surface area contributed by atoms with Crippen LogP contribution in [0.2, 0.25) is 5.02 Å². The number of ether oxygens (including phenoxy) is 2. The fourth-order valence-corrected chi connectivity index (χ4v) is 2.19. The lowest BCUT2D eigenvalue weighted by Gasteiger charge is -2.10. The van der Waals surface area contributed by atoms with E-state index >= 15 is 0 Å². The van der Waals surface area contributed by atoms with Crippen LogP contribution in [-0.2, 0) is 0 Å². The molecule has 0 fully saturated rings. The minimum absolute atomic E-state index is 0.369. The van der Waals surface area contributed by atoms with E-state index in [0.717, 1.165) is 12.0 Å². The van der Waals surface area contributed by atoms with Crippen molar-refractivity contribution in [2.45, 2.75) is 13.3 Å². The van der Waals surface area contributed by atoms with Crippen molar-refractivity contribution in [3.63, 3.8) is 0 Å². The molecule has 0 aromatic heterocycles. The van der Waals surface area contributed by atoms with Crippen LogP contribution in [0.5, 0.6) is 11.5 Å². The minimum atomic E-state index is -0.369. The van der Waals surface area contributed by atoms with Crippen molar-refractivity contribution in [3.05, 3.63) is 58.6 Å². The third-order valence-corrected chi connectivity index (χ3v) is 3.48. The van der Waals surface area contributed by atoms with Crippen LogP contribution in [0, 0.1) is 0 Å². The molecule has 0 aliphatic rings. The van der Waals surface area contributed by atoms with E-state index in [1.807, 2.05) is 19.1 Å². The molecule has 0 aliphatic heterocycles. The highest BCUT2D eigenvalue weighted by atomic mass is 35.5. The quantitative estimate of drug-likeness (QED) is 0.611. The standard InChI is InChI=1S/C18H19ClN2O3/c1-3-10-24-16-9-8-13(11-17(16)23-2)12-20-21-18(22)14-6-4-5-7-15(14)19/h4-9,11-12H,3,10H2,1-2H3,(H,21,22)/b20-12-. The van der Waals surface area contributed by atoms with Gasteiger partial charge in [0.1, 0.15) is 0 Å². The summed E-state index contributed by atoms with van der Waals surface area (Å²) in [5, 5.41) is 4.33. The van der Waals surface area contributed by atoms with E-state index in [-0.39, 0.29) is 5.91 Å². The molecule has 5 nitrogen and oxygen atoms in total. The Morgan fingerprint density at radius 1 is 1.25 bits per heavy atom. The number of halogens is 1. The summed E-state index contributed by atoms with van der Waals surface area (Å²) in [6.07, 6.45) is 2.45. The molecular formula is C18H19ClN2O3. The second-order valence-electron chi connectivity index (χ2n) is 4.94. The lowest BCUT2D eigenvalue weighted by molar-refractivity contribution is 0.0955. The minimum Gasteiger partial charge on any atom is -0.493 e. The van der Waals surface area contributed by atoms with Crippen LogP contribution >= 0.6 is 11.6 Å². The van der Waals surface area contributed by atoms with Gasteiger partial charge in [0.2, 0.25) is 0 Å². The first-order chi connectivity index (χ1) is 11.7. The van der Waals surface area contributed by atoms with Gasteiger partial charge in [-0.25, -0.2) is 5.43 Å². The van der Waals surface area contributed by atoms with Crippen molar-refractivity contribution in [2.75, 3.05) is 13.7 Å². The number of rotatable bonds is 7. The van der Waals surface area contributed by atoms with Gasteiger partial charge in [-0.3, -0.25) is 4.79 Å². The summed E-state index contributed by atoms with van der Waals surface area (Å²) in [6.45, 7) is 2.66. The third-order valence-electron chi connectivity index (χ3n) is 3.15. The second kappa shape index (κ2) is 8.93. The van der Waals surface area contributed by atoms with E-state index in [0.29, 0.717) is 28.7 Å². The van der Waals surface area contributed by atoms with Gasteiger partial charge in [0, 0.05) is 0 Å². The number of nitrogens with zero attached hydrogens (tertiary/aromatic N) is 1. The Labute approximate surface area is 146 Å². The predicted octanol–water partition coefficient (Wildman–Crippen LogP) is 3.90. The number of hydrazone groups is 1. The molecule has 0 unspecified atom stereocenters. The van der Waals surface area contributed by atoms with Gasteiger partial charge >= 0.3 is 0 Å². The normalized spacial score (nSPS) is 10.6. The zero-order chi connectivity index (χ0) is 17.4. The number of hydrogen-bond acceptors (Lipinski definition) is 4. The number of nitrogens with one attached hydrogen (secondary N) is 1. The zero-order valence-electron chi connectivity index (χ0n) is 13.6. The molecule has 0 saturated carbocycles. The molecule has 2 rings (SSSR count). The number of carbonyl (C=O) groups is 1. The van der Waals surface area contributed by atoms with Gasteiger partial charge in [-0.1, -0.05) is 30.7 Å². The summed E-state index contributed by atoms with van der Waals surface area (Å²) in [7, 11) is 1.58. The topological polar surface area (TPSA) is 59.9 Å². The molecular weight excluding hydrogens is 328 g/mol. The first kappa shape index (κ1) is 17.8. The van der Waals surface area contributed by atoms with Crippen molar-refractivity contribution in [3.8, 4) is 11.5 Å². The van der Waals surface area contributed by atoms with Crippen LogP contribution < -0.4 is 14.9 Å².